The van der Waals surface area contributed by atoms with Crippen LogP contribution in [0.3, 0.4) is 0 Å². The number of nitrogens with one attached hydrogen (secondary N) is 1. The van der Waals surface area contributed by atoms with Gasteiger partial charge in [0.05, 0.1) is 6.42 Å². The molecule has 5 nitrogen and oxygen atoms in total. The van der Waals surface area contributed by atoms with Gasteiger partial charge in [-0.15, -0.1) is 0 Å². The quantitative estimate of drug-likeness (QED) is 0.702. The number of carboxylic acids is 1. The molecule has 0 aromatic heterocycles. The first-order valence-corrected chi connectivity index (χ1v) is 6.69. The Kier molecular flexibility index (Phi) is 8.16. The van der Waals surface area contributed by atoms with Crippen LogP contribution < -0.4 is 5.32 Å². The van der Waals surface area contributed by atoms with Gasteiger partial charge in [-0.3, -0.25) is 4.79 Å². The van der Waals surface area contributed by atoms with E-state index in [1.807, 2.05) is 20.8 Å². The zero-order chi connectivity index (χ0) is 14.1. The number of amides is 2. The third kappa shape index (κ3) is 6.47. The summed E-state index contributed by atoms with van der Waals surface area (Å²) in [6, 6.07) is -0.475. The minimum Gasteiger partial charge on any atom is -0.481 e. The maximum absolute atomic E-state index is 12.0. The molecule has 0 bridgehead atoms. The van der Waals surface area contributed by atoms with E-state index in [9.17, 15) is 9.59 Å². The fourth-order valence-corrected chi connectivity index (χ4v) is 1.64. The van der Waals surface area contributed by atoms with Crippen LogP contribution >= 0.6 is 0 Å². The molecule has 0 radical (unpaired) electrons. The highest BCUT2D eigenvalue weighted by Gasteiger charge is 2.21. The maximum atomic E-state index is 12.0. The van der Waals surface area contributed by atoms with Crippen molar-refractivity contribution in [2.45, 2.75) is 53.0 Å². The van der Waals surface area contributed by atoms with Crippen molar-refractivity contribution in [1.29, 1.82) is 0 Å². The second-order valence-corrected chi connectivity index (χ2v) is 4.83. The van der Waals surface area contributed by atoms with Gasteiger partial charge >= 0.3 is 12.0 Å². The van der Waals surface area contributed by atoms with Gasteiger partial charge in [0.25, 0.3) is 0 Å². The number of unbranched alkanes of at least 4 members (excludes halogenated alkanes) is 1. The van der Waals surface area contributed by atoms with Gasteiger partial charge in [-0.1, -0.05) is 27.2 Å². The number of hydrogen-bond donors (Lipinski definition) is 2. The van der Waals surface area contributed by atoms with Crippen molar-refractivity contribution in [3.63, 3.8) is 0 Å². The standard InChI is InChI=1S/C13H26N2O3/c1-5-7-8-15(6-2)13(18)14-11(10(3)4)9-12(16)17/h10-11H,5-9H2,1-4H3,(H,14,18)(H,16,17). The first kappa shape index (κ1) is 16.7. The molecule has 1 unspecified atom stereocenters. The Hall–Kier alpha value is -1.26. The molecule has 0 aromatic carbocycles. The molecule has 0 aliphatic rings. The Morgan fingerprint density at radius 2 is 1.89 bits per heavy atom. The Bertz CT molecular complexity index is 267. The number of nitrogens with zero attached hydrogens (tertiary/aromatic N) is 1. The Morgan fingerprint density at radius 3 is 2.28 bits per heavy atom. The van der Waals surface area contributed by atoms with E-state index in [0.717, 1.165) is 19.4 Å². The van der Waals surface area contributed by atoms with Crippen molar-refractivity contribution in [1.82, 2.24) is 10.2 Å². The van der Waals surface area contributed by atoms with E-state index >= 15 is 0 Å². The van der Waals surface area contributed by atoms with E-state index in [4.69, 9.17) is 5.11 Å². The molecule has 0 fully saturated rings. The zero-order valence-electron chi connectivity index (χ0n) is 11.9. The predicted octanol–water partition coefficient (Wildman–Crippen LogP) is 2.32. The Balaban J connectivity index is 4.41. The van der Waals surface area contributed by atoms with E-state index < -0.39 is 5.97 Å². The van der Waals surface area contributed by atoms with Gasteiger partial charge in [-0.2, -0.15) is 0 Å². The van der Waals surface area contributed by atoms with Crippen LogP contribution in [-0.4, -0.2) is 41.1 Å². The van der Waals surface area contributed by atoms with Gasteiger partial charge in [0.1, 0.15) is 0 Å². The van der Waals surface area contributed by atoms with Crippen LogP contribution in [0.25, 0.3) is 0 Å². The second kappa shape index (κ2) is 8.78. The van der Waals surface area contributed by atoms with Gasteiger partial charge in [0.2, 0.25) is 0 Å². The number of carbonyl (C=O) groups excluding carboxylic acids is 1. The molecule has 0 saturated heterocycles. The number of aliphatic carboxylic acids is 1. The van der Waals surface area contributed by atoms with Crippen LogP contribution in [0.15, 0.2) is 0 Å². The van der Waals surface area contributed by atoms with Gasteiger partial charge in [0.15, 0.2) is 0 Å². The van der Waals surface area contributed by atoms with Crippen molar-refractivity contribution in [3.05, 3.63) is 0 Å². The highest BCUT2D eigenvalue weighted by Crippen LogP contribution is 2.07. The molecule has 106 valence electrons. The molecule has 0 aromatic rings. The van der Waals surface area contributed by atoms with Crippen molar-refractivity contribution in [2.24, 2.45) is 5.92 Å². The second-order valence-electron chi connectivity index (χ2n) is 4.83. The van der Waals surface area contributed by atoms with E-state index in [1.54, 1.807) is 4.90 Å². The van der Waals surface area contributed by atoms with Gasteiger partial charge < -0.3 is 15.3 Å². The predicted molar refractivity (Wildman–Crippen MR) is 71.6 cm³/mol. The summed E-state index contributed by atoms with van der Waals surface area (Å²) in [5.74, 6) is -0.777. The third-order valence-corrected chi connectivity index (χ3v) is 2.96. The molecular formula is C13H26N2O3. The van der Waals surface area contributed by atoms with Crippen LogP contribution in [-0.2, 0) is 4.79 Å². The Labute approximate surface area is 110 Å². The molecule has 1 atom stereocenters. The van der Waals surface area contributed by atoms with E-state index in [1.165, 1.54) is 0 Å². The molecule has 2 amide bonds. The summed E-state index contributed by atoms with van der Waals surface area (Å²) in [6.45, 7) is 9.19. The molecule has 0 spiro atoms. The molecule has 0 saturated carbocycles. The average molecular weight is 258 g/mol. The van der Waals surface area contributed by atoms with Gasteiger partial charge in [-0.05, 0) is 19.3 Å². The number of hydrogen-bond acceptors (Lipinski definition) is 2. The lowest BCUT2D eigenvalue weighted by molar-refractivity contribution is -0.137. The first-order valence-electron chi connectivity index (χ1n) is 6.69. The number of carbonyl (C=O) groups is 2. The third-order valence-electron chi connectivity index (χ3n) is 2.96. The fraction of sp³-hybridized carbons (Fsp3) is 0.846. The van der Waals surface area contributed by atoms with Crippen molar-refractivity contribution in [2.75, 3.05) is 13.1 Å². The minimum absolute atomic E-state index is 0.0330. The maximum Gasteiger partial charge on any atom is 0.317 e. The minimum atomic E-state index is -0.884. The lowest BCUT2D eigenvalue weighted by Crippen LogP contribution is -2.47. The van der Waals surface area contributed by atoms with Gasteiger partial charge in [-0.25, -0.2) is 4.79 Å². The molecule has 2 N–H and O–H groups in total. The zero-order valence-corrected chi connectivity index (χ0v) is 11.9. The summed E-state index contributed by atoms with van der Waals surface area (Å²) >= 11 is 0. The molecule has 18 heavy (non-hydrogen) atoms. The molecule has 5 heteroatoms. The largest absolute Gasteiger partial charge is 0.481 e. The van der Waals surface area contributed by atoms with Crippen LogP contribution in [0.5, 0.6) is 0 Å². The summed E-state index contributed by atoms with van der Waals surface area (Å²) in [5, 5.41) is 11.6. The lowest BCUT2D eigenvalue weighted by Gasteiger charge is -2.26. The number of carboxylic acid groups (broad SMARTS) is 1. The first-order chi connectivity index (χ1) is 8.42. The van der Waals surface area contributed by atoms with E-state index in [2.05, 4.69) is 12.2 Å². The SMILES string of the molecule is CCCCN(CC)C(=O)NC(CC(=O)O)C(C)C. The summed E-state index contributed by atoms with van der Waals surface area (Å²) < 4.78 is 0. The molecule has 0 aliphatic heterocycles. The normalized spacial score (nSPS) is 12.3. The van der Waals surface area contributed by atoms with Crippen LogP contribution in [0.2, 0.25) is 0 Å². The Morgan fingerprint density at radius 1 is 1.28 bits per heavy atom. The average Bonchev–Trinajstić information content (AvgIpc) is 2.28. The van der Waals surface area contributed by atoms with Crippen molar-refractivity contribution >= 4 is 12.0 Å². The van der Waals surface area contributed by atoms with Crippen LogP contribution in [0, 0.1) is 5.92 Å². The lowest BCUT2D eigenvalue weighted by atomic mass is 10.0. The highest BCUT2D eigenvalue weighted by atomic mass is 16.4. The van der Waals surface area contributed by atoms with E-state index in [-0.39, 0.29) is 24.4 Å². The summed E-state index contributed by atoms with van der Waals surface area (Å²) in [7, 11) is 0. The smallest absolute Gasteiger partial charge is 0.317 e. The van der Waals surface area contributed by atoms with Crippen LogP contribution in [0.4, 0.5) is 4.79 Å². The summed E-state index contributed by atoms with van der Waals surface area (Å²) in [5.41, 5.74) is 0. The molecule has 0 heterocycles. The molecular weight excluding hydrogens is 232 g/mol. The number of urea groups is 1. The summed E-state index contributed by atoms with van der Waals surface area (Å²) in [6.07, 6.45) is 1.97. The topological polar surface area (TPSA) is 69.6 Å². The van der Waals surface area contributed by atoms with Crippen LogP contribution in [0.1, 0.15) is 47.0 Å². The molecule has 0 rings (SSSR count). The van der Waals surface area contributed by atoms with Crippen molar-refractivity contribution in [3.8, 4) is 0 Å². The van der Waals surface area contributed by atoms with Gasteiger partial charge in [0, 0.05) is 19.1 Å². The van der Waals surface area contributed by atoms with E-state index in [0.29, 0.717) is 6.54 Å². The van der Waals surface area contributed by atoms with Crippen molar-refractivity contribution < 1.29 is 14.7 Å². The monoisotopic (exact) mass is 258 g/mol. The highest BCUT2D eigenvalue weighted by molar-refractivity contribution is 5.76. The molecule has 0 aliphatic carbocycles. The summed E-state index contributed by atoms with van der Waals surface area (Å²) in [4.78, 5) is 24.5. The fourth-order valence-electron chi connectivity index (χ4n) is 1.64. The number of rotatable bonds is 8.